The molecule has 0 aliphatic rings. The van der Waals surface area contributed by atoms with Crippen LogP contribution in [0.15, 0.2) is 0 Å². The molecule has 0 bridgehead atoms. The number of likely N-dealkylation sites (N-methyl/N-ethyl adjacent to an activating group) is 1. The summed E-state index contributed by atoms with van der Waals surface area (Å²) in [4.78, 5) is 35.4. The van der Waals surface area contributed by atoms with E-state index in [1.165, 1.54) is 14.1 Å². The third-order valence-corrected chi connectivity index (χ3v) is 2.98. The predicted molar refractivity (Wildman–Crippen MR) is 70.7 cm³/mol. The summed E-state index contributed by atoms with van der Waals surface area (Å²) in [5.41, 5.74) is -0.754. The largest absolute Gasteiger partial charge is 0.480 e. The molecule has 0 aromatic rings. The van der Waals surface area contributed by atoms with Gasteiger partial charge in [-0.25, -0.2) is 9.59 Å². The summed E-state index contributed by atoms with van der Waals surface area (Å²) >= 11 is 0. The van der Waals surface area contributed by atoms with Crippen LogP contribution in [0.3, 0.4) is 0 Å². The fraction of sp³-hybridized carbons (Fsp3) is 0.750. The average Bonchev–Trinajstić information content (AvgIpc) is 2.35. The van der Waals surface area contributed by atoms with Gasteiger partial charge in [0.05, 0.1) is 5.41 Å². The van der Waals surface area contributed by atoms with Gasteiger partial charge >= 0.3 is 12.0 Å². The van der Waals surface area contributed by atoms with E-state index < -0.39 is 23.5 Å². The minimum atomic E-state index is -1.05. The van der Waals surface area contributed by atoms with Crippen LogP contribution in [-0.2, 0) is 9.59 Å². The molecule has 110 valence electrons. The molecule has 3 amide bonds. The third kappa shape index (κ3) is 4.76. The monoisotopic (exact) mass is 273 g/mol. The predicted octanol–water partition coefficient (Wildman–Crippen LogP) is 0.263. The molecule has 7 heteroatoms. The molecule has 1 unspecified atom stereocenters. The molecule has 19 heavy (non-hydrogen) atoms. The SMILES string of the molecule is CCC(C(=O)O)N(C)C(=O)NCC(C)(C)C(=O)NC. The molecule has 0 saturated heterocycles. The van der Waals surface area contributed by atoms with Crippen LogP contribution in [-0.4, -0.2) is 54.6 Å². The van der Waals surface area contributed by atoms with Crippen molar-refractivity contribution >= 4 is 17.9 Å². The van der Waals surface area contributed by atoms with Gasteiger partial charge in [-0.3, -0.25) is 4.79 Å². The zero-order valence-electron chi connectivity index (χ0n) is 12.1. The van der Waals surface area contributed by atoms with Crippen molar-refractivity contribution in [3.63, 3.8) is 0 Å². The number of hydrogen-bond acceptors (Lipinski definition) is 3. The molecule has 0 aliphatic carbocycles. The van der Waals surface area contributed by atoms with Crippen LogP contribution in [0, 0.1) is 5.41 Å². The Balaban J connectivity index is 4.54. The van der Waals surface area contributed by atoms with Gasteiger partial charge in [0.2, 0.25) is 5.91 Å². The van der Waals surface area contributed by atoms with Gasteiger partial charge in [0, 0.05) is 20.6 Å². The maximum Gasteiger partial charge on any atom is 0.326 e. The molecule has 0 saturated carbocycles. The molecular formula is C12H23N3O4. The molecule has 0 rings (SSSR count). The molecule has 0 aromatic carbocycles. The van der Waals surface area contributed by atoms with Crippen molar-refractivity contribution in [2.75, 3.05) is 20.6 Å². The van der Waals surface area contributed by atoms with Gasteiger partial charge in [-0.05, 0) is 20.3 Å². The Morgan fingerprint density at radius 2 is 1.84 bits per heavy atom. The Bertz CT molecular complexity index is 355. The molecule has 1 atom stereocenters. The van der Waals surface area contributed by atoms with Gasteiger partial charge < -0.3 is 20.6 Å². The standard InChI is InChI=1S/C12H23N3O4/c1-6-8(9(16)17)15(5)11(19)14-7-12(2,3)10(18)13-4/h8H,6-7H2,1-5H3,(H,13,18)(H,14,19)(H,16,17). The Morgan fingerprint density at radius 1 is 1.32 bits per heavy atom. The second kappa shape index (κ2) is 6.96. The molecule has 3 N–H and O–H groups in total. The second-order valence-corrected chi connectivity index (χ2v) is 4.99. The minimum Gasteiger partial charge on any atom is -0.480 e. The Morgan fingerprint density at radius 3 is 2.21 bits per heavy atom. The summed E-state index contributed by atoms with van der Waals surface area (Å²) in [5, 5.41) is 14.0. The van der Waals surface area contributed by atoms with Crippen molar-refractivity contribution in [3.05, 3.63) is 0 Å². The van der Waals surface area contributed by atoms with Crippen molar-refractivity contribution in [1.29, 1.82) is 0 Å². The summed E-state index contributed by atoms with van der Waals surface area (Å²) in [6.45, 7) is 5.21. The summed E-state index contributed by atoms with van der Waals surface area (Å²) in [6.07, 6.45) is 0.318. The Hall–Kier alpha value is -1.79. The van der Waals surface area contributed by atoms with Crippen molar-refractivity contribution in [2.45, 2.75) is 33.2 Å². The first-order valence-electron chi connectivity index (χ1n) is 6.13. The summed E-state index contributed by atoms with van der Waals surface area (Å²) < 4.78 is 0. The van der Waals surface area contributed by atoms with Crippen LogP contribution in [0.25, 0.3) is 0 Å². The van der Waals surface area contributed by atoms with Crippen LogP contribution in [0.1, 0.15) is 27.2 Å². The maximum atomic E-state index is 11.8. The van der Waals surface area contributed by atoms with Crippen LogP contribution < -0.4 is 10.6 Å². The van der Waals surface area contributed by atoms with Gasteiger partial charge in [0.15, 0.2) is 0 Å². The highest BCUT2D eigenvalue weighted by molar-refractivity contribution is 5.84. The number of aliphatic carboxylic acids is 1. The van der Waals surface area contributed by atoms with Gasteiger partial charge in [0.25, 0.3) is 0 Å². The van der Waals surface area contributed by atoms with E-state index >= 15 is 0 Å². The highest BCUT2D eigenvalue weighted by Gasteiger charge is 2.29. The van der Waals surface area contributed by atoms with E-state index in [1.807, 2.05) is 0 Å². The maximum absolute atomic E-state index is 11.8. The Labute approximate surface area is 113 Å². The minimum absolute atomic E-state index is 0.131. The van der Waals surface area contributed by atoms with Crippen molar-refractivity contribution in [2.24, 2.45) is 5.41 Å². The van der Waals surface area contributed by atoms with Crippen LogP contribution in [0.2, 0.25) is 0 Å². The number of carbonyl (C=O) groups is 3. The number of hydrogen-bond donors (Lipinski definition) is 3. The number of nitrogens with one attached hydrogen (secondary N) is 2. The number of carboxylic acids is 1. The average molecular weight is 273 g/mol. The normalized spacial score (nSPS) is 12.5. The molecule has 7 nitrogen and oxygen atoms in total. The Kier molecular flexibility index (Phi) is 6.31. The van der Waals surface area contributed by atoms with Crippen LogP contribution in [0.5, 0.6) is 0 Å². The lowest BCUT2D eigenvalue weighted by Crippen LogP contribution is -2.50. The van der Waals surface area contributed by atoms with E-state index in [0.29, 0.717) is 6.42 Å². The number of rotatable bonds is 6. The lowest BCUT2D eigenvalue weighted by Gasteiger charge is -2.27. The number of urea groups is 1. The third-order valence-electron chi connectivity index (χ3n) is 2.98. The molecule has 0 aliphatic heterocycles. The number of nitrogens with zero attached hydrogens (tertiary/aromatic N) is 1. The molecule has 0 spiro atoms. The van der Waals surface area contributed by atoms with E-state index in [2.05, 4.69) is 10.6 Å². The first-order valence-corrected chi connectivity index (χ1v) is 6.13. The summed E-state index contributed by atoms with van der Waals surface area (Å²) in [7, 11) is 2.94. The van der Waals surface area contributed by atoms with Crippen molar-refractivity contribution in [1.82, 2.24) is 15.5 Å². The molecular weight excluding hydrogens is 250 g/mol. The smallest absolute Gasteiger partial charge is 0.326 e. The highest BCUT2D eigenvalue weighted by Crippen LogP contribution is 2.13. The van der Waals surface area contributed by atoms with Gasteiger partial charge in [-0.15, -0.1) is 0 Å². The lowest BCUT2D eigenvalue weighted by molar-refractivity contribution is -0.142. The zero-order chi connectivity index (χ0) is 15.2. The zero-order valence-corrected chi connectivity index (χ0v) is 12.1. The van der Waals surface area contributed by atoms with E-state index in [1.54, 1.807) is 20.8 Å². The topological polar surface area (TPSA) is 98.7 Å². The van der Waals surface area contributed by atoms with Crippen molar-refractivity contribution < 1.29 is 19.5 Å². The fourth-order valence-corrected chi connectivity index (χ4v) is 1.60. The van der Waals surface area contributed by atoms with Gasteiger partial charge in [0.1, 0.15) is 6.04 Å². The first kappa shape index (κ1) is 17.2. The van der Waals surface area contributed by atoms with Crippen LogP contribution >= 0.6 is 0 Å². The lowest BCUT2D eigenvalue weighted by atomic mass is 9.92. The second-order valence-electron chi connectivity index (χ2n) is 4.99. The van der Waals surface area contributed by atoms with Gasteiger partial charge in [-0.1, -0.05) is 6.92 Å². The quantitative estimate of drug-likeness (QED) is 0.646. The van der Waals surface area contributed by atoms with E-state index in [-0.39, 0.29) is 12.5 Å². The van der Waals surface area contributed by atoms with E-state index in [0.717, 1.165) is 4.90 Å². The van der Waals surface area contributed by atoms with E-state index in [4.69, 9.17) is 5.11 Å². The van der Waals surface area contributed by atoms with Crippen molar-refractivity contribution in [3.8, 4) is 0 Å². The molecule has 0 radical (unpaired) electrons. The molecule has 0 aromatic heterocycles. The fourth-order valence-electron chi connectivity index (χ4n) is 1.60. The highest BCUT2D eigenvalue weighted by atomic mass is 16.4. The molecule has 0 heterocycles. The summed E-state index contributed by atoms with van der Waals surface area (Å²) in [5.74, 6) is -1.24. The number of carboxylic acid groups (broad SMARTS) is 1. The van der Waals surface area contributed by atoms with Gasteiger partial charge in [-0.2, -0.15) is 0 Å². The van der Waals surface area contributed by atoms with E-state index in [9.17, 15) is 14.4 Å². The number of amides is 3. The summed E-state index contributed by atoms with van der Waals surface area (Å²) in [6, 6.07) is -1.38. The molecule has 0 fully saturated rings. The first-order chi connectivity index (χ1) is 8.67. The van der Waals surface area contributed by atoms with Crippen LogP contribution in [0.4, 0.5) is 4.79 Å². The number of carbonyl (C=O) groups excluding carboxylic acids is 2.